The first-order valence-corrected chi connectivity index (χ1v) is 12.0. The quantitative estimate of drug-likeness (QED) is 0.476. The molecule has 34 heavy (non-hydrogen) atoms. The van der Waals surface area contributed by atoms with E-state index in [0.717, 1.165) is 59.0 Å². The molecule has 2 N–H and O–H groups in total. The van der Waals surface area contributed by atoms with Crippen molar-refractivity contribution in [3.05, 3.63) is 64.0 Å². The number of nitrogens with one attached hydrogen (secondary N) is 2. The minimum Gasteiger partial charge on any atom is -0.364 e. The molecule has 2 fully saturated rings. The molecule has 4 aromatic rings. The average molecular weight is 457 g/mol. The largest absolute Gasteiger partial charge is 0.364 e. The van der Waals surface area contributed by atoms with Crippen molar-refractivity contribution in [2.75, 3.05) is 18.0 Å². The maximum absolute atomic E-state index is 12.2. The zero-order valence-electron chi connectivity index (χ0n) is 19.5. The Kier molecular flexibility index (Phi) is 5.13. The summed E-state index contributed by atoms with van der Waals surface area (Å²) in [5, 5.41) is 8.16. The SMILES string of the molecule is CCc1cc2ncc(CN3CCN(c4ccc(-c5nnc(C)[nH]5)nc4)C4CCC43)cc2[nH]c1=O. The number of piperazine rings is 1. The van der Waals surface area contributed by atoms with Gasteiger partial charge in [-0.05, 0) is 56.0 Å². The van der Waals surface area contributed by atoms with Crippen LogP contribution in [-0.4, -0.2) is 60.2 Å². The van der Waals surface area contributed by atoms with E-state index in [4.69, 9.17) is 0 Å². The van der Waals surface area contributed by atoms with Gasteiger partial charge in [-0.1, -0.05) is 6.92 Å². The van der Waals surface area contributed by atoms with Gasteiger partial charge in [-0.2, -0.15) is 0 Å². The molecule has 1 saturated carbocycles. The predicted molar refractivity (Wildman–Crippen MR) is 131 cm³/mol. The summed E-state index contributed by atoms with van der Waals surface area (Å²) >= 11 is 0. The molecule has 0 bridgehead atoms. The van der Waals surface area contributed by atoms with Crippen LogP contribution in [0.1, 0.15) is 36.7 Å². The molecule has 1 saturated heterocycles. The number of fused-ring (bicyclic) bond motifs is 2. The predicted octanol–water partition coefficient (Wildman–Crippen LogP) is 2.83. The van der Waals surface area contributed by atoms with Crippen LogP contribution in [0.15, 0.2) is 41.5 Å². The van der Waals surface area contributed by atoms with E-state index in [9.17, 15) is 4.79 Å². The highest BCUT2D eigenvalue weighted by atomic mass is 16.1. The van der Waals surface area contributed by atoms with Crippen LogP contribution in [0.3, 0.4) is 0 Å². The molecule has 0 aromatic carbocycles. The zero-order chi connectivity index (χ0) is 23.2. The smallest absolute Gasteiger partial charge is 0.251 e. The maximum atomic E-state index is 12.2. The number of anilines is 1. The Balaban J connectivity index is 1.17. The summed E-state index contributed by atoms with van der Waals surface area (Å²) in [5.41, 5.74) is 5.53. The number of nitrogens with zero attached hydrogens (tertiary/aromatic N) is 6. The average Bonchev–Trinajstić information content (AvgIpc) is 3.26. The Hall–Kier alpha value is -3.59. The second-order valence-electron chi connectivity index (χ2n) is 9.29. The van der Waals surface area contributed by atoms with Gasteiger partial charge in [0.25, 0.3) is 5.56 Å². The summed E-state index contributed by atoms with van der Waals surface area (Å²) in [6.45, 7) is 6.66. The lowest BCUT2D eigenvalue weighted by Crippen LogP contribution is -2.64. The number of aromatic nitrogens is 6. The third-order valence-corrected chi connectivity index (χ3v) is 7.21. The normalized spacial score (nSPS) is 20.4. The molecule has 0 radical (unpaired) electrons. The van der Waals surface area contributed by atoms with Crippen molar-refractivity contribution in [2.45, 2.75) is 51.7 Å². The van der Waals surface area contributed by atoms with Crippen LogP contribution in [0, 0.1) is 6.92 Å². The number of aryl methyl sites for hydroxylation is 2. The van der Waals surface area contributed by atoms with Crippen molar-refractivity contribution in [3.8, 4) is 11.5 Å². The van der Waals surface area contributed by atoms with E-state index in [-0.39, 0.29) is 5.56 Å². The fraction of sp³-hybridized carbons (Fsp3) is 0.400. The minimum atomic E-state index is -0.0142. The number of hydrogen-bond acceptors (Lipinski definition) is 7. The van der Waals surface area contributed by atoms with Crippen LogP contribution in [-0.2, 0) is 13.0 Å². The molecular formula is C25H28N8O. The van der Waals surface area contributed by atoms with E-state index >= 15 is 0 Å². The summed E-state index contributed by atoms with van der Waals surface area (Å²) in [6.07, 6.45) is 7.00. The standard InChI is InChI=1S/C25H28N8O/c1-3-17-11-20-21(29-25(17)34)10-16(12-26-20)14-32-8-9-33(23-7-6-22(23)32)18-4-5-19(27-13-18)24-28-15(2)30-31-24/h4-5,10-13,22-23H,3,6-9,14H2,1-2H3,(H,29,34)(H,28,30,31). The Morgan fingerprint density at radius 1 is 1.03 bits per heavy atom. The first-order chi connectivity index (χ1) is 16.6. The summed E-state index contributed by atoms with van der Waals surface area (Å²) in [5.74, 6) is 1.49. The molecule has 9 nitrogen and oxygen atoms in total. The Bertz CT molecular complexity index is 1390. The Labute approximate surface area is 197 Å². The Morgan fingerprint density at radius 3 is 2.62 bits per heavy atom. The molecule has 1 aliphatic heterocycles. The van der Waals surface area contributed by atoms with Crippen LogP contribution in [0.2, 0.25) is 0 Å². The molecule has 1 aliphatic carbocycles. The van der Waals surface area contributed by atoms with Gasteiger partial charge in [-0.15, -0.1) is 10.2 Å². The molecule has 2 atom stereocenters. The van der Waals surface area contributed by atoms with Gasteiger partial charge in [-0.25, -0.2) is 0 Å². The van der Waals surface area contributed by atoms with Crippen LogP contribution in [0.4, 0.5) is 5.69 Å². The van der Waals surface area contributed by atoms with Crippen LogP contribution in [0.25, 0.3) is 22.6 Å². The first kappa shape index (κ1) is 21.0. The van der Waals surface area contributed by atoms with Gasteiger partial charge in [0, 0.05) is 43.5 Å². The fourth-order valence-corrected chi connectivity index (χ4v) is 5.25. The van der Waals surface area contributed by atoms with Crippen molar-refractivity contribution >= 4 is 16.7 Å². The highest BCUT2D eigenvalue weighted by Crippen LogP contribution is 2.37. The molecule has 6 rings (SSSR count). The molecule has 2 unspecified atom stereocenters. The lowest BCUT2D eigenvalue weighted by molar-refractivity contribution is 0.0659. The third kappa shape index (κ3) is 3.66. The van der Waals surface area contributed by atoms with Crippen LogP contribution in [0.5, 0.6) is 0 Å². The number of H-pyrrole nitrogens is 2. The third-order valence-electron chi connectivity index (χ3n) is 7.21. The van der Waals surface area contributed by atoms with Gasteiger partial charge in [0.2, 0.25) is 0 Å². The second kappa shape index (κ2) is 8.32. The summed E-state index contributed by atoms with van der Waals surface area (Å²) in [6, 6.07) is 9.15. The number of aromatic amines is 2. The van der Waals surface area contributed by atoms with Gasteiger partial charge in [0.15, 0.2) is 5.82 Å². The maximum Gasteiger partial charge on any atom is 0.251 e. The summed E-state index contributed by atoms with van der Waals surface area (Å²) in [4.78, 5) is 32.7. The number of rotatable bonds is 5. The van der Waals surface area contributed by atoms with E-state index < -0.39 is 0 Å². The molecule has 9 heteroatoms. The highest BCUT2D eigenvalue weighted by Gasteiger charge is 2.42. The number of hydrogen-bond donors (Lipinski definition) is 2. The molecule has 5 heterocycles. The molecule has 2 aliphatic rings. The van der Waals surface area contributed by atoms with Gasteiger partial charge >= 0.3 is 0 Å². The first-order valence-electron chi connectivity index (χ1n) is 12.0. The van der Waals surface area contributed by atoms with Crippen molar-refractivity contribution in [1.29, 1.82) is 0 Å². The fourth-order valence-electron chi connectivity index (χ4n) is 5.25. The molecule has 0 amide bonds. The summed E-state index contributed by atoms with van der Waals surface area (Å²) < 4.78 is 0. The highest BCUT2D eigenvalue weighted by molar-refractivity contribution is 5.74. The van der Waals surface area contributed by atoms with Crippen LogP contribution < -0.4 is 10.5 Å². The van der Waals surface area contributed by atoms with Crippen LogP contribution >= 0.6 is 0 Å². The van der Waals surface area contributed by atoms with E-state index in [0.29, 0.717) is 24.3 Å². The minimum absolute atomic E-state index is 0.0142. The summed E-state index contributed by atoms with van der Waals surface area (Å²) in [7, 11) is 0. The van der Waals surface area contributed by atoms with Gasteiger partial charge in [-0.3, -0.25) is 19.7 Å². The van der Waals surface area contributed by atoms with E-state index in [2.05, 4.69) is 52.1 Å². The van der Waals surface area contributed by atoms with E-state index in [1.165, 1.54) is 12.8 Å². The van der Waals surface area contributed by atoms with Gasteiger partial charge in [0.1, 0.15) is 11.5 Å². The molecule has 4 aromatic heterocycles. The zero-order valence-corrected chi connectivity index (χ0v) is 19.5. The van der Waals surface area contributed by atoms with Gasteiger partial charge < -0.3 is 14.9 Å². The van der Waals surface area contributed by atoms with Crippen molar-refractivity contribution in [2.24, 2.45) is 0 Å². The Morgan fingerprint density at radius 2 is 1.91 bits per heavy atom. The molecule has 174 valence electrons. The monoisotopic (exact) mass is 456 g/mol. The second-order valence-corrected chi connectivity index (χ2v) is 9.29. The van der Waals surface area contributed by atoms with Crippen molar-refractivity contribution in [1.82, 2.24) is 35.0 Å². The van der Waals surface area contributed by atoms with E-state index in [1.54, 1.807) is 0 Å². The molecule has 0 spiro atoms. The van der Waals surface area contributed by atoms with Crippen molar-refractivity contribution < 1.29 is 0 Å². The van der Waals surface area contributed by atoms with Gasteiger partial charge in [0.05, 0.1) is 22.9 Å². The number of pyridine rings is 3. The lowest BCUT2D eigenvalue weighted by atomic mass is 9.81. The topological polar surface area (TPSA) is 107 Å². The van der Waals surface area contributed by atoms with Crippen molar-refractivity contribution in [3.63, 3.8) is 0 Å². The van der Waals surface area contributed by atoms with E-state index in [1.807, 2.05) is 38.4 Å². The lowest BCUT2D eigenvalue weighted by Gasteiger charge is -2.54. The molecular weight excluding hydrogens is 428 g/mol.